The fourth-order valence-electron chi connectivity index (χ4n) is 2.16. The third-order valence-corrected chi connectivity index (χ3v) is 4.17. The highest BCUT2D eigenvalue weighted by Crippen LogP contribution is 2.31. The number of halogens is 3. The van der Waals surface area contributed by atoms with E-state index in [1.807, 2.05) is 17.2 Å². The van der Waals surface area contributed by atoms with Gasteiger partial charge < -0.3 is 15.2 Å². The van der Waals surface area contributed by atoms with Crippen LogP contribution in [-0.2, 0) is 19.3 Å². The molecule has 3 rings (SSSR count). The van der Waals surface area contributed by atoms with Crippen molar-refractivity contribution in [1.29, 1.82) is 0 Å². The minimum atomic E-state index is -4.48. The third kappa shape index (κ3) is 2.60. The van der Waals surface area contributed by atoms with Gasteiger partial charge in [0.15, 0.2) is 11.0 Å². The summed E-state index contributed by atoms with van der Waals surface area (Å²) in [5.74, 6) is -0.640. The molecule has 21 heavy (non-hydrogen) atoms. The number of hydrogen-bond donors (Lipinski definition) is 1. The van der Waals surface area contributed by atoms with E-state index in [-0.39, 0.29) is 19.1 Å². The summed E-state index contributed by atoms with van der Waals surface area (Å²) in [5.41, 5.74) is 6.53. The molecule has 0 aromatic carbocycles. The molecule has 0 saturated heterocycles. The predicted octanol–water partition coefficient (Wildman–Crippen LogP) is 1.79. The molecule has 114 valence electrons. The molecular formula is C11H13F3N6S. The quantitative estimate of drug-likeness (QED) is 0.914. The molecule has 2 aromatic rings. The second-order valence-electron chi connectivity index (χ2n) is 4.85. The summed E-state index contributed by atoms with van der Waals surface area (Å²) >= 11 is 1.43. The molecule has 0 bridgehead atoms. The van der Waals surface area contributed by atoms with Gasteiger partial charge in [-0.3, -0.25) is 0 Å². The highest BCUT2D eigenvalue weighted by Gasteiger charge is 2.39. The molecule has 0 radical (unpaired) electrons. The summed E-state index contributed by atoms with van der Waals surface area (Å²) in [7, 11) is 0. The number of aromatic nitrogens is 4. The number of anilines is 1. The minimum Gasteiger partial charge on any atom is -0.339 e. The van der Waals surface area contributed by atoms with Gasteiger partial charge in [0.05, 0.1) is 12.2 Å². The molecule has 10 heteroatoms. The van der Waals surface area contributed by atoms with E-state index in [0.29, 0.717) is 12.4 Å². The highest BCUT2D eigenvalue weighted by molar-refractivity contribution is 7.13. The molecule has 1 aliphatic rings. The lowest BCUT2D eigenvalue weighted by molar-refractivity contribution is -0.147. The standard InChI is InChI=1S/C11H13F3N6S/c1-6(15)7-5-21-10(16-7)19-2-3-20-8(4-19)17-18-9(20)11(12,13)14/h5-6H,2-4,15H2,1H3. The van der Waals surface area contributed by atoms with Gasteiger partial charge in [-0.2, -0.15) is 13.2 Å². The van der Waals surface area contributed by atoms with Gasteiger partial charge in [-0.1, -0.05) is 0 Å². The Balaban J connectivity index is 1.83. The molecule has 1 unspecified atom stereocenters. The number of alkyl halides is 3. The molecule has 0 fully saturated rings. The van der Waals surface area contributed by atoms with Crippen LogP contribution in [0.2, 0.25) is 0 Å². The Labute approximate surface area is 122 Å². The Morgan fingerprint density at radius 1 is 1.33 bits per heavy atom. The summed E-state index contributed by atoms with van der Waals surface area (Å²) in [6.45, 7) is 2.71. The van der Waals surface area contributed by atoms with E-state index in [0.717, 1.165) is 15.4 Å². The van der Waals surface area contributed by atoms with Gasteiger partial charge in [0.2, 0.25) is 5.82 Å². The lowest BCUT2D eigenvalue weighted by Crippen LogP contribution is -2.35. The van der Waals surface area contributed by atoms with Crippen molar-refractivity contribution < 1.29 is 13.2 Å². The van der Waals surface area contributed by atoms with Crippen LogP contribution < -0.4 is 10.6 Å². The van der Waals surface area contributed by atoms with E-state index in [9.17, 15) is 13.2 Å². The highest BCUT2D eigenvalue weighted by atomic mass is 32.1. The lowest BCUT2D eigenvalue weighted by atomic mass is 10.3. The summed E-state index contributed by atoms with van der Waals surface area (Å²) in [6, 6.07) is -0.166. The maximum atomic E-state index is 12.8. The minimum absolute atomic E-state index is 0.166. The normalized spacial score (nSPS) is 16.9. The molecule has 0 saturated carbocycles. The largest absolute Gasteiger partial charge is 0.451 e. The van der Waals surface area contributed by atoms with Gasteiger partial charge in [-0.15, -0.1) is 21.5 Å². The van der Waals surface area contributed by atoms with Crippen molar-refractivity contribution in [1.82, 2.24) is 19.7 Å². The van der Waals surface area contributed by atoms with Crippen molar-refractivity contribution in [2.45, 2.75) is 32.2 Å². The Morgan fingerprint density at radius 2 is 2.10 bits per heavy atom. The Hall–Kier alpha value is -1.68. The van der Waals surface area contributed by atoms with Crippen molar-refractivity contribution >= 4 is 16.5 Å². The molecular weight excluding hydrogens is 305 g/mol. The van der Waals surface area contributed by atoms with Crippen LogP contribution >= 0.6 is 11.3 Å². The number of nitrogens with zero attached hydrogens (tertiary/aromatic N) is 5. The summed E-state index contributed by atoms with van der Waals surface area (Å²) in [5, 5.41) is 9.50. The van der Waals surface area contributed by atoms with E-state index in [1.165, 1.54) is 11.3 Å². The number of rotatable bonds is 2. The van der Waals surface area contributed by atoms with E-state index < -0.39 is 12.0 Å². The molecule has 2 aromatic heterocycles. The number of fused-ring (bicyclic) bond motifs is 1. The third-order valence-electron chi connectivity index (χ3n) is 3.25. The maximum absolute atomic E-state index is 12.8. The Kier molecular flexibility index (Phi) is 3.36. The number of nitrogens with two attached hydrogens (primary N) is 1. The van der Waals surface area contributed by atoms with Crippen LogP contribution in [0.25, 0.3) is 0 Å². The van der Waals surface area contributed by atoms with Gasteiger partial charge in [-0.25, -0.2) is 4.98 Å². The van der Waals surface area contributed by atoms with Crippen LogP contribution in [0.3, 0.4) is 0 Å². The fraction of sp³-hybridized carbons (Fsp3) is 0.545. The van der Waals surface area contributed by atoms with Crippen LogP contribution in [-0.4, -0.2) is 26.3 Å². The van der Waals surface area contributed by atoms with E-state index in [2.05, 4.69) is 15.2 Å². The van der Waals surface area contributed by atoms with E-state index >= 15 is 0 Å². The van der Waals surface area contributed by atoms with Gasteiger partial charge in [0, 0.05) is 24.5 Å². The second-order valence-corrected chi connectivity index (χ2v) is 5.69. The molecule has 1 atom stereocenters. The molecule has 0 aliphatic carbocycles. The number of hydrogen-bond acceptors (Lipinski definition) is 6. The summed E-state index contributed by atoms with van der Waals surface area (Å²) in [6.07, 6.45) is -4.48. The molecule has 0 amide bonds. The molecule has 2 N–H and O–H groups in total. The van der Waals surface area contributed by atoms with Gasteiger partial charge >= 0.3 is 6.18 Å². The average molecular weight is 318 g/mol. The molecule has 0 spiro atoms. The Morgan fingerprint density at radius 3 is 2.71 bits per heavy atom. The zero-order chi connectivity index (χ0) is 15.2. The molecule has 1 aliphatic heterocycles. The van der Waals surface area contributed by atoms with Crippen LogP contribution in [0.15, 0.2) is 5.38 Å². The summed E-state index contributed by atoms with van der Waals surface area (Å²) in [4.78, 5) is 6.29. The number of thiazole rings is 1. The van der Waals surface area contributed by atoms with Crippen molar-refractivity contribution in [2.24, 2.45) is 5.73 Å². The molecule has 6 nitrogen and oxygen atoms in total. The van der Waals surface area contributed by atoms with Crippen LogP contribution in [0.4, 0.5) is 18.3 Å². The van der Waals surface area contributed by atoms with Crippen molar-refractivity contribution in [3.05, 3.63) is 22.7 Å². The SMILES string of the molecule is CC(N)c1csc(N2CCn3c(nnc3C(F)(F)F)C2)n1. The topological polar surface area (TPSA) is 72.9 Å². The lowest BCUT2D eigenvalue weighted by Gasteiger charge is -2.27. The van der Waals surface area contributed by atoms with Crippen molar-refractivity contribution in [3.8, 4) is 0 Å². The van der Waals surface area contributed by atoms with Crippen LogP contribution in [0.1, 0.15) is 30.3 Å². The van der Waals surface area contributed by atoms with Crippen molar-refractivity contribution in [2.75, 3.05) is 11.4 Å². The smallest absolute Gasteiger partial charge is 0.339 e. The second kappa shape index (κ2) is 4.95. The zero-order valence-corrected chi connectivity index (χ0v) is 11.9. The first-order chi connectivity index (χ1) is 9.86. The average Bonchev–Trinajstić information content (AvgIpc) is 3.04. The Bertz CT molecular complexity index is 647. The monoisotopic (exact) mass is 318 g/mol. The zero-order valence-electron chi connectivity index (χ0n) is 11.1. The first-order valence-corrected chi connectivity index (χ1v) is 7.19. The fourth-order valence-corrected chi connectivity index (χ4v) is 3.12. The molecule has 3 heterocycles. The maximum Gasteiger partial charge on any atom is 0.451 e. The van der Waals surface area contributed by atoms with Crippen molar-refractivity contribution in [3.63, 3.8) is 0 Å². The van der Waals surface area contributed by atoms with Gasteiger partial charge in [0.1, 0.15) is 0 Å². The van der Waals surface area contributed by atoms with E-state index in [4.69, 9.17) is 5.73 Å². The van der Waals surface area contributed by atoms with Crippen LogP contribution in [0, 0.1) is 0 Å². The predicted molar refractivity (Wildman–Crippen MR) is 70.8 cm³/mol. The summed E-state index contributed by atoms with van der Waals surface area (Å²) < 4.78 is 39.4. The van der Waals surface area contributed by atoms with E-state index in [1.54, 1.807) is 0 Å². The first kappa shape index (κ1) is 14.3. The van der Waals surface area contributed by atoms with Crippen LogP contribution in [0.5, 0.6) is 0 Å². The van der Waals surface area contributed by atoms with Gasteiger partial charge in [0.25, 0.3) is 0 Å². The van der Waals surface area contributed by atoms with Gasteiger partial charge in [-0.05, 0) is 6.92 Å². The first-order valence-electron chi connectivity index (χ1n) is 6.31.